The second-order valence-electron chi connectivity index (χ2n) is 12.0. The number of amides is 9. The van der Waals surface area contributed by atoms with Gasteiger partial charge in [0.2, 0.25) is 53.2 Å². The Labute approximate surface area is 278 Å². The molecule has 2 saturated heterocycles. The van der Waals surface area contributed by atoms with Gasteiger partial charge in [0, 0.05) is 13.1 Å². The molecule has 0 saturated carbocycles. The Morgan fingerprint density at radius 2 is 1.00 bits per heavy atom. The van der Waals surface area contributed by atoms with Gasteiger partial charge in [0.15, 0.2) is 0 Å². The highest BCUT2D eigenvalue weighted by Gasteiger charge is 2.37. The summed E-state index contributed by atoms with van der Waals surface area (Å²) in [4.78, 5) is 114. The minimum atomic E-state index is -1.11. The fourth-order valence-corrected chi connectivity index (χ4v) is 5.21. The van der Waals surface area contributed by atoms with Crippen LogP contribution in [0.25, 0.3) is 0 Å². The van der Waals surface area contributed by atoms with Gasteiger partial charge in [0.25, 0.3) is 0 Å². The molecule has 48 heavy (non-hydrogen) atoms. The van der Waals surface area contributed by atoms with Gasteiger partial charge >= 0.3 is 0 Å². The van der Waals surface area contributed by atoms with Crippen LogP contribution in [0.4, 0.5) is 0 Å². The lowest BCUT2D eigenvalue weighted by Crippen LogP contribution is -2.57. The van der Waals surface area contributed by atoms with Crippen LogP contribution in [0.5, 0.6) is 0 Å². The number of rotatable bonds is 15. The maximum Gasteiger partial charge on any atom is 0.245 e. The third-order valence-corrected chi connectivity index (χ3v) is 7.97. The molecule has 2 heterocycles. The van der Waals surface area contributed by atoms with Crippen molar-refractivity contribution in [2.45, 2.75) is 103 Å². The molecule has 7 atom stereocenters. The molecular weight excluding hydrogens is 632 g/mol. The van der Waals surface area contributed by atoms with E-state index in [0.717, 1.165) is 0 Å². The van der Waals surface area contributed by atoms with Gasteiger partial charge in [-0.2, -0.15) is 0 Å². The van der Waals surface area contributed by atoms with Gasteiger partial charge in [-0.25, -0.2) is 0 Å². The average Bonchev–Trinajstić information content (AvgIpc) is 3.72. The molecule has 0 unspecified atom stereocenters. The van der Waals surface area contributed by atoms with Crippen LogP contribution in [0.1, 0.15) is 60.3 Å². The van der Waals surface area contributed by atoms with Crippen LogP contribution >= 0.6 is 0 Å². The van der Waals surface area contributed by atoms with Gasteiger partial charge < -0.3 is 53.2 Å². The van der Waals surface area contributed by atoms with E-state index in [1.54, 1.807) is 0 Å². The molecule has 0 aromatic rings. The van der Waals surface area contributed by atoms with Crippen molar-refractivity contribution >= 4 is 53.2 Å². The smallest absolute Gasteiger partial charge is 0.245 e. The number of hydrogen-bond acceptors (Lipinski definition) is 10. The van der Waals surface area contributed by atoms with Crippen molar-refractivity contribution in [2.75, 3.05) is 26.2 Å². The average molecular weight is 681 g/mol. The molecule has 0 bridgehead atoms. The van der Waals surface area contributed by atoms with Gasteiger partial charge in [-0.15, -0.1) is 0 Å². The van der Waals surface area contributed by atoms with E-state index in [1.807, 2.05) is 0 Å². The van der Waals surface area contributed by atoms with Crippen LogP contribution in [0, 0.1) is 0 Å². The molecule has 0 spiro atoms. The van der Waals surface area contributed by atoms with Crippen molar-refractivity contribution in [3.05, 3.63) is 0 Å². The summed E-state index contributed by atoms with van der Waals surface area (Å²) < 4.78 is 0. The molecule has 19 nitrogen and oxygen atoms in total. The fourth-order valence-electron chi connectivity index (χ4n) is 5.21. The summed E-state index contributed by atoms with van der Waals surface area (Å²) in [6.07, 6.45) is 1.91. The van der Waals surface area contributed by atoms with Crippen molar-refractivity contribution in [2.24, 2.45) is 11.5 Å². The normalized spacial score (nSPS) is 20.3. The van der Waals surface area contributed by atoms with Gasteiger partial charge in [-0.1, -0.05) is 0 Å². The standard InChI is InChI=1S/C29H48N10O9/c1-14(30)28(47)38-10-6-8-19(38)26(45)33-13-22(41)35-16(3)24(43)36-17(4)25(44)37-18(5)29(48)39-11-7-9-20(39)27(46)32-12-21(40)34-15(2)23(31)42/h14-20H,6-13,30H2,1-5H3,(H2,31,42)(H,32,46)(H,33,45)(H,34,40)(H,35,41)(H,36,43)(H,37,44)/t14-,15-,16-,17-,18-,19-,20-/m0/s1. The Balaban J connectivity index is 1.79. The van der Waals surface area contributed by atoms with E-state index in [1.165, 1.54) is 44.4 Å². The Morgan fingerprint density at radius 1 is 0.604 bits per heavy atom. The zero-order valence-electron chi connectivity index (χ0n) is 27.9. The summed E-state index contributed by atoms with van der Waals surface area (Å²) in [5.41, 5.74) is 10.8. The van der Waals surface area contributed by atoms with E-state index >= 15 is 0 Å². The lowest BCUT2D eigenvalue weighted by molar-refractivity contribution is -0.141. The van der Waals surface area contributed by atoms with E-state index in [4.69, 9.17) is 11.5 Å². The van der Waals surface area contributed by atoms with E-state index in [9.17, 15) is 43.2 Å². The van der Waals surface area contributed by atoms with Crippen LogP contribution in [-0.4, -0.2) is 131 Å². The van der Waals surface area contributed by atoms with Crippen LogP contribution in [0.2, 0.25) is 0 Å². The first-order valence-corrected chi connectivity index (χ1v) is 15.8. The number of primary amides is 1. The third-order valence-electron chi connectivity index (χ3n) is 7.97. The van der Waals surface area contributed by atoms with Crippen molar-refractivity contribution in [3.63, 3.8) is 0 Å². The Morgan fingerprint density at radius 3 is 1.44 bits per heavy atom. The lowest BCUT2D eigenvalue weighted by atomic mass is 10.1. The van der Waals surface area contributed by atoms with Crippen molar-refractivity contribution in [3.8, 4) is 0 Å². The second-order valence-corrected chi connectivity index (χ2v) is 12.0. The summed E-state index contributed by atoms with van der Waals surface area (Å²) in [7, 11) is 0. The predicted octanol–water partition coefficient (Wildman–Crippen LogP) is -4.95. The van der Waals surface area contributed by atoms with Crippen LogP contribution in [-0.2, 0) is 43.2 Å². The number of carbonyl (C=O) groups excluding carboxylic acids is 9. The van der Waals surface area contributed by atoms with Gasteiger partial charge in [-0.05, 0) is 60.3 Å². The molecule has 0 aromatic heterocycles. The molecule has 268 valence electrons. The SMILES string of the molecule is C[C@H](N)C(=O)N1CCC[C@H]1C(=O)NCC(=O)N[C@@H](C)C(=O)N[C@@H](C)C(=O)N[C@@H](C)C(=O)N1CCC[C@H]1C(=O)NCC(=O)N[C@@H](C)C(N)=O. The molecule has 19 heteroatoms. The molecule has 0 aromatic carbocycles. The van der Waals surface area contributed by atoms with E-state index < -0.39 is 103 Å². The van der Waals surface area contributed by atoms with Crippen molar-refractivity contribution in [1.29, 1.82) is 0 Å². The van der Waals surface area contributed by atoms with Crippen molar-refractivity contribution < 1.29 is 43.2 Å². The number of nitrogens with one attached hydrogen (secondary N) is 6. The summed E-state index contributed by atoms with van der Waals surface area (Å²) in [5, 5.41) is 14.6. The number of nitrogens with two attached hydrogens (primary N) is 2. The number of carbonyl (C=O) groups is 9. The second kappa shape index (κ2) is 17.9. The predicted molar refractivity (Wildman–Crippen MR) is 169 cm³/mol. The molecule has 10 N–H and O–H groups in total. The largest absolute Gasteiger partial charge is 0.368 e. The molecule has 2 aliphatic rings. The van der Waals surface area contributed by atoms with Gasteiger partial charge in [-0.3, -0.25) is 43.2 Å². The topological polar surface area (TPSA) is 284 Å². The minimum absolute atomic E-state index is 0.246. The maximum absolute atomic E-state index is 13.1. The molecule has 0 radical (unpaired) electrons. The van der Waals surface area contributed by atoms with E-state index in [-0.39, 0.29) is 12.5 Å². The number of nitrogens with zero attached hydrogens (tertiary/aromatic N) is 2. The zero-order chi connectivity index (χ0) is 36.3. The molecule has 2 fully saturated rings. The van der Waals surface area contributed by atoms with Crippen LogP contribution < -0.4 is 43.4 Å². The van der Waals surface area contributed by atoms with E-state index in [2.05, 4.69) is 31.9 Å². The Bertz CT molecular complexity index is 1280. The summed E-state index contributed by atoms with van der Waals surface area (Å²) in [6, 6.07) is -6.57. The first-order chi connectivity index (χ1) is 22.4. The highest BCUT2D eigenvalue weighted by molar-refractivity contribution is 5.97. The highest BCUT2D eigenvalue weighted by Crippen LogP contribution is 2.19. The molecular formula is C29H48N10O9. The zero-order valence-corrected chi connectivity index (χ0v) is 27.9. The van der Waals surface area contributed by atoms with Crippen LogP contribution in [0.15, 0.2) is 0 Å². The first kappa shape index (κ1) is 39.4. The molecule has 2 aliphatic heterocycles. The molecule has 9 amide bonds. The lowest BCUT2D eigenvalue weighted by Gasteiger charge is -2.28. The highest BCUT2D eigenvalue weighted by atomic mass is 16.2. The fraction of sp³-hybridized carbons (Fsp3) is 0.690. The van der Waals surface area contributed by atoms with Gasteiger partial charge in [0.05, 0.1) is 19.1 Å². The van der Waals surface area contributed by atoms with Crippen LogP contribution in [0.3, 0.4) is 0 Å². The molecule has 2 rings (SSSR count). The number of hydrogen-bond donors (Lipinski definition) is 8. The summed E-state index contributed by atoms with van der Waals surface area (Å²) in [5.74, 6) is -5.43. The Hall–Kier alpha value is -4.81. The minimum Gasteiger partial charge on any atom is -0.368 e. The molecule has 0 aliphatic carbocycles. The Kier molecular flexibility index (Phi) is 14.7. The summed E-state index contributed by atoms with van der Waals surface area (Å²) in [6.45, 7) is 6.87. The van der Waals surface area contributed by atoms with Crippen molar-refractivity contribution in [1.82, 2.24) is 41.7 Å². The summed E-state index contributed by atoms with van der Waals surface area (Å²) >= 11 is 0. The third kappa shape index (κ3) is 11.2. The van der Waals surface area contributed by atoms with E-state index in [0.29, 0.717) is 32.2 Å². The first-order valence-electron chi connectivity index (χ1n) is 15.8. The monoisotopic (exact) mass is 680 g/mol. The maximum atomic E-state index is 13.1. The van der Waals surface area contributed by atoms with Gasteiger partial charge in [0.1, 0.15) is 36.3 Å². The quantitative estimate of drug-likeness (QED) is 0.0815. The number of likely N-dealkylation sites (tertiary alicyclic amines) is 2.